The Morgan fingerprint density at radius 1 is 1.16 bits per heavy atom. The van der Waals surface area contributed by atoms with Gasteiger partial charge in [0.15, 0.2) is 0 Å². The van der Waals surface area contributed by atoms with Crippen LogP contribution >= 0.6 is 23.2 Å². The van der Waals surface area contributed by atoms with Crippen molar-refractivity contribution in [1.29, 1.82) is 0 Å². The Morgan fingerprint density at radius 3 is 2.79 bits per heavy atom. The summed E-state index contributed by atoms with van der Waals surface area (Å²) in [5, 5.41) is 1.38. The molecule has 3 saturated heterocycles. The zero-order valence-corrected chi connectivity index (χ0v) is 12.7. The first-order valence-electron chi connectivity index (χ1n) is 7.36. The van der Waals surface area contributed by atoms with Crippen LogP contribution in [0.15, 0.2) is 18.2 Å². The summed E-state index contributed by atoms with van der Waals surface area (Å²) in [4.78, 5) is 2.78. The zero-order chi connectivity index (χ0) is 13.1. The van der Waals surface area contributed by atoms with Gasteiger partial charge in [0.05, 0.1) is 10.0 Å². The molecule has 0 N–H and O–H groups in total. The minimum atomic E-state index is 0.672. The van der Waals surface area contributed by atoms with Gasteiger partial charge >= 0.3 is 0 Å². The summed E-state index contributed by atoms with van der Waals surface area (Å²) in [7, 11) is 0. The van der Waals surface area contributed by atoms with Gasteiger partial charge in [-0.05, 0) is 54.7 Å². The van der Waals surface area contributed by atoms with E-state index in [0.717, 1.165) is 23.9 Å². The SMILES string of the molecule is CC1CN2C3CCC2C1C(c1ccc(Cl)c(Cl)c1)C3. The molecule has 0 radical (unpaired) electrons. The van der Waals surface area contributed by atoms with Gasteiger partial charge in [-0.3, -0.25) is 4.90 Å². The number of hydrogen-bond donors (Lipinski definition) is 0. The molecule has 3 aliphatic heterocycles. The van der Waals surface area contributed by atoms with Crippen molar-refractivity contribution in [1.82, 2.24) is 4.90 Å². The van der Waals surface area contributed by atoms with Crippen LogP contribution in [0, 0.1) is 11.8 Å². The van der Waals surface area contributed by atoms with Crippen molar-refractivity contribution in [2.45, 2.75) is 44.2 Å². The molecule has 0 spiro atoms. The smallest absolute Gasteiger partial charge is 0.0595 e. The van der Waals surface area contributed by atoms with Gasteiger partial charge in [-0.2, -0.15) is 0 Å². The number of halogens is 2. The molecule has 3 aliphatic rings. The molecule has 6 unspecified atom stereocenters. The van der Waals surface area contributed by atoms with Gasteiger partial charge in [-0.1, -0.05) is 36.2 Å². The lowest BCUT2D eigenvalue weighted by Gasteiger charge is -2.38. The second kappa shape index (κ2) is 4.38. The lowest BCUT2D eigenvalue weighted by Crippen LogP contribution is -2.40. The summed E-state index contributed by atoms with van der Waals surface area (Å²) < 4.78 is 0. The number of rotatable bonds is 1. The van der Waals surface area contributed by atoms with Gasteiger partial charge < -0.3 is 0 Å². The van der Waals surface area contributed by atoms with Gasteiger partial charge in [0.2, 0.25) is 0 Å². The molecule has 1 aromatic carbocycles. The van der Waals surface area contributed by atoms with E-state index in [-0.39, 0.29) is 0 Å². The maximum atomic E-state index is 6.22. The molecule has 3 fully saturated rings. The predicted octanol–water partition coefficient (Wildman–Crippen LogP) is 4.58. The molecule has 19 heavy (non-hydrogen) atoms. The van der Waals surface area contributed by atoms with Crippen LogP contribution in [0.3, 0.4) is 0 Å². The van der Waals surface area contributed by atoms with Crippen LogP contribution in [0.25, 0.3) is 0 Å². The minimum Gasteiger partial charge on any atom is -0.297 e. The van der Waals surface area contributed by atoms with Crippen molar-refractivity contribution in [3.63, 3.8) is 0 Å². The van der Waals surface area contributed by atoms with Crippen molar-refractivity contribution < 1.29 is 0 Å². The van der Waals surface area contributed by atoms with E-state index < -0.39 is 0 Å². The topological polar surface area (TPSA) is 3.24 Å². The van der Waals surface area contributed by atoms with Crippen LogP contribution in [0.4, 0.5) is 0 Å². The predicted molar refractivity (Wildman–Crippen MR) is 80.0 cm³/mol. The quantitative estimate of drug-likeness (QED) is 0.733. The Hall–Kier alpha value is -0.240. The highest BCUT2D eigenvalue weighted by molar-refractivity contribution is 6.42. The summed E-state index contributed by atoms with van der Waals surface area (Å²) in [6.45, 7) is 3.73. The maximum absolute atomic E-state index is 6.22. The van der Waals surface area contributed by atoms with Crippen LogP contribution in [0.2, 0.25) is 10.0 Å². The minimum absolute atomic E-state index is 0.672. The van der Waals surface area contributed by atoms with Crippen molar-refractivity contribution in [3.05, 3.63) is 33.8 Å². The maximum Gasteiger partial charge on any atom is 0.0595 e. The molecule has 4 bridgehead atoms. The normalized spacial score (nSPS) is 43.7. The molecule has 0 saturated carbocycles. The third kappa shape index (κ3) is 1.78. The molecule has 3 heterocycles. The highest BCUT2D eigenvalue weighted by Gasteiger charge is 2.54. The number of nitrogens with zero attached hydrogens (tertiary/aromatic N) is 1. The van der Waals surface area contributed by atoms with E-state index in [1.807, 2.05) is 6.07 Å². The van der Waals surface area contributed by atoms with Crippen LogP contribution in [0.1, 0.15) is 37.7 Å². The second-order valence-electron chi connectivity index (χ2n) is 6.57. The Bertz CT molecular complexity index is 515. The lowest BCUT2D eigenvalue weighted by molar-refractivity contribution is 0.150. The summed E-state index contributed by atoms with van der Waals surface area (Å²) in [6, 6.07) is 7.90. The fourth-order valence-electron chi connectivity index (χ4n) is 4.97. The van der Waals surface area contributed by atoms with Gasteiger partial charge in [-0.25, -0.2) is 0 Å². The Kier molecular flexibility index (Phi) is 2.88. The molecule has 6 atom stereocenters. The first-order chi connectivity index (χ1) is 9.15. The second-order valence-corrected chi connectivity index (χ2v) is 7.38. The molecule has 1 nitrogen and oxygen atoms in total. The van der Waals surface area contributed by atoms with Crippen LogP contribution in [-0.4, -0.2) is 23.5 Å². The van der Waals surface area contributed by atoms with E-state index >= 15 is 0 Å². The Labute approximate surface area is 124 Å². The van der Waals surface area contributed by atoms with E-state index in [9.17, 15) is 0 Å². The standard InChI is InChI=1S/C16H19Cl2N/c1-9-8-19-11-3-5-15(19)16(9)12(7-11)10-2-4-13(17)14(18)6-10/h2,4,6,9,11-12,15-16H,3,5,7-8H2,1H3. The highest BCUT2D eigenvalue weighted by atomic mass is 35.5. The first kappa shape index (κ1) is 12.5. The van der Waals surface area contributed by atoms with Crippen molar-refractivity contribution in [2.24, 2.45) is 11.8 Å². The molecular formula is C16H19Cl2N. The van der Waals surface area contributed by atoms with Crippen molar-refractivity contribution in [2.75, 3.05) is 6.54 Å². The summed E-state index contributed by atoms with van der Waals surface area (Å²) in [5.74, 6) is 2.31. The van der Waals surface area contributed by atoms with Crippen LogP contribution < -0.4 is 0 Å². The number of benzene rings is 1. The van der Waals surface area contributed by atoms with E-state index in [4.69, 9.17) is 23.2 Å². The molecule has 102 valence electrons. The average Bonchev–Trinajstić information content (AvgIpc) is 2.78. The third-order valence-electron chi connectivity index (χ3n) is 5.65. The Morgan fingerprint density at radius 2 is 2.00 bits per heavy atom. The third-order valence-corrected chi connectivity index (χ3v) is 6.39. The van der Waals surface area contributed by atoms with Crippen LogP contribution in [-0.2, 0) is 0 Å². The molecular weight excluding hydrogens is 277 g/mol. The van der Waals surface area contributed by atoms with Gasteiger partial charge in [0.25, 0.3) is 0 Å². The lowest BCUT2D eigenvalue weighted by atomic mass is 9.74. The molecule has 0 aromatic heterocycles. The first-order valence-corrected chi connectivity index (χ1v) is 8.11. The van der Waals surface area contributed by atoms with Gasteiger partial charge in [0, 0.05) is 18.6 Å². The van der Waals surface area contributed by atoms with E-state index in [1.54, 1.807) is 0 Å². The average molecular weight is 296 g/mol. The highest BCUT2D eigenvalue weighted by Crippen LogP contribution is 2.54. The van der Waals surface area contributed by atoms with Crippen molar-refractivity contribution >= 4 is 23.2 Å². The van der Waals surface area contributed by atoms with E-state index in [1.165, 1.54) is 31.4 Å². The Balaban J connectivity index is 1.73. The molecule has 0 amide bonds. The van der Waals surface area contributed by atoms with Gasteiger partial charge in [0.1, 0.15) is 0 Å². The fourth-order valence-corrected chi connectivity index (χ4v) is 5.27. The monoisotopic (exact) mass is 295 g/mol. The summed E-state index contributed by atoms with van der Waals surface area (Å²) >= 11 is 12.3. The molecule has 4 rings (SSSR count). The largest absolute Gasteiger partial charge is 0.297 e. The summed E-state index contributed by atoms with van der Waals surface area (Å²) in [5.41, 5.74) is 1.41. The fraction of sp³-hybridized carbons (Fsp3) is 0.625. The zero-order valence-electron chi connectivity index (χ0n) is 11.2. The van der Waals surface area contributed by atoms with E-state index in [0.29, 0.717) is 16.0 Å². The van der Waals surface area contributed by atoms with Crippen molar-refractivity contribution in [3.8, 4) is 0 Å². The molecule has 1 aromatic rings. The van der Waals surface area contributed by atoms with Gasteiger partial charge in [-0.15, -0.1) is 0 Å². The molecule has 0 aliphatic carbocycles. The number of piperidine rings is 1. The van der Waals surface area contributed by atoms with E-state index in [2.05, 4.69) is 24.0 Å². The summed E-state index contributed by atoms with van der Waals surface area (Å²) in [6.07, 6.45) is 4.10. The van der Waals surface area contributed by atoms with Crippen LogP contribution in [0.5, 0.6) is 0 Å². The molecule has 3 heteroatoms. The number of hydrogen-bond acceptors (Lipinski definition) is 1.